The fraction of sp³-hybridized carbons (Fsp3) is 1.00. The molecule has 0 bridgehead atoms. The molecule has 0 heterocycles. The number of rotatable bonds is 6. The summed E-state index contributed by atoms with van der Waals surface area (Å²) >= 11 is 0. The summed E-state index contributed by atoms with van der Waals surface area (Å²) in [6.45, 7) is 1.63. The van der Waals surface area contributed by atoms with Crippen molar-refractivity contribution in [3.8, 4) is 0 Å². The smallest absolute Gasteiger partial charge is 0.0599 e. The molecule has 2 atom stereocenters. The second-order valence-electron chi connectivity index (χ2n) is 4.01. The molecule has 0 aromatic carbocycles. The van der Waals surface area contributed by atoms with Crippen molar-refractivity contribution in [1.82, 2.24) is 0 Å². The van der Waals surface area contributed by atoms with Crippen LogP contribution >= 0.6 is 0 Å². The zero-order valence-corrected chi connectivity index (χ0v) is 9.21. The van der Waals surface area contributed by atoms with E-state index in [1.165, 1.54) is 19.3 Å². The number of hydrogen-bond acceptors (Lipinski definition) is 3. The van der Waals surface area contributed by atoms with Crippen LogP contribution in [0.2, 0.25) is 0 Å². The van der Waals surface area contributed by atoms with E-state index < -0.39 is 0 Å². The van der Waals surface area contributed by atoms with E-state index in [0.717, 1.165) is 32.4 Å². The first-order chi connectivity index (χ1) is 6.86. The molecule has 1 rings (SSSR count). The van der Waals surface area contributed by atoms with E-state index in [4.69, 9.17) is 15.2 Å². The lowest BCUT2D eigenvalue weighted by Crippen LogP contribution is -2.27. The minimum Gasteiger partial charge on any atom is -0.381 e. The second kappa shape index (κ2) is 7.21. The molecule has 0 amide bonds. The zero-order chi connectivity index (χ0) is 10.2. The third kappa shape index (κ3) is 4.40. The van der Waals surface area contributed by atoms with E-state index in [9.17, 15) is 0 Å². The van der Waals surface area contributed by atoms with Gasteiger partial charge in [0.1, 0.15) is 0 Å². The third-order valence-corrected chi connectivity index (χ3v) is 2.86. The van der Waals surface area contributed by atoms with Gasteiger partial charge in [0, 0.05) is 13.7 Å². The van der Waals surface area contributed by atoms with Gasteiger partial charge >= 0.3 is 0 Å². The Balaban J connectivity index is 2.05. The van der Waals surface area contributed by atoms with Gasteiger partial charge in [0.15, 0.2) is 0 Å². The van der Waals surface area contributed by atoms with Crippen LogP contribution in [0.25, 0.3) is 0 Å². The lowest BCUT2D eigenvalue weighted by atomic mass is 9.95. The van der Waals surface area contributed by atoms with Crippen LogP contribution in [0, 0.1) is 0 Å². The highest BCUT2D eigenvalue weighted by molar-refractivity contribution is 4.73. The predicted molar refractivity (Wildman–Crippen MR) is 57.3 cm³/mol. The average Bonchev–Trinajstić information content (AvgIpc) is 2.25. The Bertz CT molecular complexity index is 141. The molecule has 0 aromatic rings. The summed E-state index contributed by atoms with van der Waals surface area (Å²) in [4.78, 5) is 0. The van der Waals surface area contributed by atoms with Gasteiger partial charge in [-0.1, -0.05) is 0 Å². The summed E-state index contributed by atoms with van der Waals surface area (Å²) in [6.07, 6.45) is 7.70. The molecule has 84 valence electrons. The van der Waals surface area contributed by atoms with E-state index in [1.807, 2.05) is 0 Å². The van der Waals surface area contributed by atoms with Crippen LogP contribution in [0.15, 0.2) is 0 Å². The normalized spacial score (nSPS) is 27.9. The molecule has 14 heavy (non-hydrogen) atoms. The molecule has 1 saturated carbocycles. The van der Waals surface area contributed by atoms with Crippen molar-refractivity contribution in [3.63, 3.8) is 0 Å². The average molecular weight is 201 g/mol. The summed E-state index contributed by atoms with van der Waals surface area (Å²) in [5.41, 5.74) is 5.42. The van der Waals surface area contributed by atoms with Crippen LogP contribution < -0.4 is 5.73 Å². The number of unbranched alkanes of at least 4 members (excludes halogenated alkanes) is 1. The maximum Gasteiger partial charge on any atom is 0.0599 e. The van der Waals surface area contributed by atoms with Gasteiger partial charge in [0.05, 0.1) is 12.2 Å². The molecular formula is C11H23NO2. The molecule has 1 aliphatic rings. The van der Waals surface area contributed by atoms with Crippen molar-refractivity contribution in [1.29, 1.82) is 0 Å². The molecule has 0 aliphatic heterocycles. The maximum atomic E-state index is 5.78. The Morgan fingerprint density at radius 3 is 2.71 bits per heavy atom. The monoisotopic (exact) mass is 201 g/mol. The van der Waals surface area contributed by atoms with Gasteiger partial charge in [-0.25, -0.2) is 0 Å². The van der Waals surface area contributed by atoms with Gasteiger partial charge in [-0.15, -0.1) is 0 Å². The molecular weight excluding hydrogens is 178 g/mol. The molecule has 1 fully saturated rings. The summed E-state index contributed by atoms with van der Waals surface area (Å²) in [5, 5.41) is 0. The quantitative estimate of drug-likeness (QED) is 0.665. The van der Waals surface area contributed by atoms with Gasteiger partial charge in [0.2, 0.25) is 0 Å². The third-order valence-electron chi connectivity index (χ3n) is 2.86. The van der Waals surface area contributed by atoms with Crippen LogP contribution in [-0.2, 0) is 9.47 Å². The maximum absolute atomic E-state index is 5.78. The van der Waals surface area contributed by atoms with Crippen LogP contribution in [0.1, 0.15) is 38.5 Å². The minimum atomic E-state index is 0.420. The Labute approximate surface area is 86.9 Å². The largest absolute Gasteiger partial charge is 0.381 e. The molecule has 2 N–H and O–H groups in total. The number of ether oxygens (including phenoxy) is 2. The van der Waals surface area contributed by atoms with E-state index in [2.05, 4.69) is 0 Å². The fourth-order valence-electron chi connectivity index (χ4n) is 1.96. The second-order valence-corrected chi connectivity index (χ2v) is 4.01. The molecule has 0 radical (unpaired) electrons. The van der Waals surface area contributed by atoms with E-state index in [1.54, 1.807) is 7.11 Å². The van der Waals surface area contributed by atoms with Gasteiger partial charge in [0.25, 0.3) is 0 Å². The van der Waals surface area contributed by atoms with Gasteiger partial charge < -0.3 is 15.2 Å². The van der Waals surface area contributed by atoms with Crippen LogP contribution in [0.4, 0.5) is 0 Å². The molecule has 0 saturated heterocycles. The predicted octanol–water partition coefficient (Wildman–Crippen LogP) is 1.70. The number of methoxy groups -OCH3 is 1. The van der Waals surface area contributed by atoms with Crippen LogP contribution in [-0.4, -0.2) is 32.5 Å². The summed E-state index contributed by atoms with van der Waals surface area (Å²) in [7, 11) is 1.79. The van der Waals surface area contributed by atoms with Crippen molar-refractivity contribution in [2.24, 2.45) is 5.73 Å². The Kier molecular flexibility index (Phi) is 6.15. The molecule has 3 nitrogen and oxygen atoms in total. The first-order valence-corrected chi connectivity index (χ1v) is 5.71. The number of nitrogens with two attached hydrogens (primary N) is 1. The lowest BCUT2D eigenvalue weighted by molar-refractivity contribution is -0.0301. The van der Waals surface area contributed by atoms with E-state index in [0.29, 0.717) is 12.2 Å². The van der Waals surface area contributed by atoms with Crippen molar-refractivity contribution in [2.45, 2.75) is 50.7 Å². The zero-order valence-electron chi connectivity index (χ0n) is 9.21. The molecule has 0 aromatic heterocycles. The Morgan fingerprint density at radius 2 is 2.00 bits per heavy atom. The van der Waals surface area contributed by atoms with E-state index >= 15 is 0 Å². The molecule has 0 spiro atoms. The van der Waals surface area contributed by atoms with Crippen molar-refractivity contribution in [3.05, 3.63) is 0 Å². The standard InChI is InChI=1S/C11H23NO2/c1-13-10-5-4-6-11(9-10)14-8-3-2-7-12/h10-11H,2-9,12H2,1H3. The highest BCUT2D eigenvalue weighted by Gasteiger charge is 2.21. The summed E-state index contributed by atoms with van der Waals surface area (Å²) in [6, 6.07) is 0. The summed E-state index contributed by atoms with van der Waals surface area (Å²) in [5.74, 6) is 0. The SMILES string of the molecule is COC1CCCC(OCCCCN)C1. The molecule has 3 heteroatoms. The topological polar surface area (TPSA) is 44.5 Å². The van der Waals surface area contributed by atoms with Crippen LogP contribution in [0.5, 0.6) is 0 Å². The van der Waals surface area contributed by atoms with Crippen LogP contribution in [0.3, 0.4) is 0 Å². The van der Waals surface area contributed by atoms with Crippen molar-refractivity contribution in [2.75, 3.05) is 20.3 Å². The number of hydrogen-bond donors (Lipinski definition) is 1. The highest BCUT2D eigenvalue weighted by atomic mass is 16.5. The molecule has 2 unspecified atom stereocenters. The summed E-state index contributed by atoms with van der Waals surface area (Å²) < 4.78 is 11.1. The van der Waals surface area contributed by atoms with E-state index in [-0.39, 0.29) is 0 Å². The molecule has 1 aliphatic carbocycles. The highest BCUT2D eigenvalue weighted by Crippen LogP contribution is 2.23. The van der Waals surface area contributed by atoms with Crippen molar-refractivity contribution >= 4 is 0 Å². The Morgan fingerprint density at radius 1 is 1.21 bits per heavy atom. The first-order valence-electron chi connectivity index (χ1n) is 5.71. The fourth-order valence-corrected chi connectivity index (χ4v) is 1.96. The van der Waals surface area contributed by atoms with Gasteiger partial charge in [-0.2, -0.15) is 0 Å². The minimum absolute atomic E-state index is 0.420. The van der Waals surface area contributed by atoms with Gasteiger partial charge in [-0.3, -0.25) is 0 Å². The van der Waals surface area contributed by atoms with Crippen molar-refractivity contribution < 1.29 is 9.47 Å². The first kappa shape index (κ1) is 12.0. The lowest BCUT2D eigenvalue weighted by Gasteiger charge is -2.28. The Hall–Kier alpha value is -0.120. The van der Waals surface area contributed by atoms with Gasteiger partial charge in [-0.05, 0) is 45.1 Å².